The van der Waals surface area contributed by atoms with E-state index in [1.54, 1.807) is 6.07 Å². The van der Waals surface area contributed by atoms with Crippen molar-refractivity contribution in [3.05, 3.63) is 23.3 Å². The van der Waals surface area contributed by atoms with Crippen LogP contribution in [0, 0.1) is 5.92 Å². The minimum atomic E-state index is -0.728. The number of hydrogen-bond donors (Lipinski definition) is 2. The summed E-state index contributed by atoms with van der Waals surface area (Å²) in [6.07, 6.45) is -0.470. The highest BCUT2D eigenvalue weighted by atomic mass is 16.5. The van der Waals surface area contributed by atoms with E-state index >= 15 is 0 Å². The zero-order valence-electron chi connectivity index (χ0n) is 9.23. The molecule has 2 atom stereocenters. The first-order chi connectivity index (χ1) is 7.54. The van der Waals surface area contributed by atoms with Gasteiger partial charge < -0.3 is 14.9 Å². The number of benzene rings is 1. The number of methoxy groups -OCH3 is 1. The van der Waals surface area contributed by atoms with Crippen LogP contribution >= 0.6 is 0 Å². The highest BCUT2D eigenvalue weighted by Gasteiger charge is 2.32. The molecule has 0 radical (unpaired) electrons. The summed E-state index contributed by atoms with van der Waals surface area (Å²) in [6.45, 7) is 1.81. The van der Waals surface area contributed by atoms with E-state index in [1.165, 1.54) is 13.2 Å². The summed E-state index contributed by atoms with van der Waals surface area (Å²) in [5.74, 6) is 0.0574. The maximum Gasteiger partial charge on any atom is 0.167 e. The molecule has 16 heavy (non-hydrogen) atoms. The molecule has 1 aromatic rings. The molecule has 0 bridgehead atoms. The summed E-state index contributed by atoms with van der Waals surface area (Å²) >= 11 is 0. The highest BCUT2D eigenvalue weighted by Crippen LogP contribution is 2.40. The van der Waals surface area contributed by atoms with Crippen LogP contribution < -0.4 is 4.74 Å². The van der Waals surface area contributed by atoms with Crippen molar-refractivity contribution >= 4 is 5.78 Å². The van der Waals surface area contributed by atoms with E-state index in [1.807, 2.05) is 6.92 Å². The lowest BCUT2D eigenvalue weighted by atomic mass is 9.81. The van der Waals surface area contributed by atoms with Gasteiger partial charge >= 0.3 is 0 Å². The van der Waals surface area contributed by atoms with Crippen LogP contribution in [0.1, 0.15) is 35.4 Å². The standard InChI is InChI=1S/C12H14O4/c1-6-3-9(13)11-8(12(6)15)4-7(16-2)5-10(11)14/h4-6,12,14-15H,3H2,1-2H3/t6-,12-/m1/s1. The Bertz CT molecular complexity index is 439. The number of fused-ring (bicyclic) bond motifs is 1. The topological polar surface area (TPSA) is 66.8 Å². The summed E-state index contributed by atoms with van der Waals surface area (Å²) in [6, 6.07) is 2.99. The zero-order chi connectivity index (χ0) is 11.9. The number of aromatic hydroxyl groups is 1. The van der Waals surface area contributed by atoms with Gasteiger partial charge in [0.2, 0.25) is 0 Å². The van der Waals surface area contributed by atoms with E-state index in [0.717, 1.165) is 0 Å². The molecule has 1 aromatic carbocycles. The minimum Gasteiger partial charge on any atom is -0.507 e. The van der Waals surface area contributed by atoms with E-state index in [2.05, 4.69) is 0 Å². The Morgan fingerprint density at radius 3 is 2.75 bits per heavy atom. The zero-order valence-corrected chi connectivity index (χ0v) is 9.23. The maximum absolute atomic E-state index is 11.8. The number of rotatable bonds is 1. The lowest BCUT2D eigenvalue weighted by molar-refractivity contribution is 0.0745. The van der Waals surface area contributed by atoms with Gasteiger partial charge in [-0.15, -0.1) is 0 Å². The Morgan fingerprint density at radius 1 is 1.44 bits per heavy atom. The molecule has 0 amide bonds. The summed E-state index contributed by atoms with van der Waals surface area (Å²) in [5.41, 5.74) is 0.687. The molecule has 4 heteroatoms. The Morgan fingerprint density at radius 2 is 2.12 bits per heavy atom. The third kappa shape index (κ3) is 1.55. The smallest absolute Gasteiger partial charge is 0.167 e. The lowest BCUT2D eigenvalue weighted by Crippen LogP contribution is -2.23. The van der Waals surface area contributed by atoms with Gasteiger partial charge in [-0.2, -0.15) is 0 Å². The number of aliphatic hydroxyl groups excluding tert-OH is 1. The van der Waals surface area contributed by atoms with Crippen molar-refractivity contribution in [1.29, 1.82) is 0 Å². The van der Waals surface area contributed by atoms with Gasteiger partial charge in [0.1, 0.15) is 11.5 Å². The first-order valence-corrected chi connectivity index (χ1v) is 5.16. The van der Waals surface area contributed by atoms with E-state index in [4.69, 9.17) is 4.74 Å². The van der Waals surface area contributed by atoms with E-state index in [9.17, 15) is 15.0 Å². The van der Waals surface area contributed by atoms with Crippen LogP contribution in [0.5, 0.6) is 11.5 Å². The Labute approximate surface area is 93.5 Å². The molecular formula is C12H14O4. The van der Waals surface area contributed by atoms with E-state index in [-0.39, 0.29) is 29.4 Å². The molecule has 4 nitrogen and oxygen atoms in total. The molecule has 0 saturated heterocycles. The summed E-state index contributed by atoms with van der Waals surface area (Å²) in [4.78, 5) is 11.8. The molecule has 0 aliphatic heterocycles. The number of hydrogen-bond acceptors (Lipinski definition) is 4. The van der Waals surface area contributed by atoms with Crippen LogP contribution in [-0.2, 0) is 0 Å². The number of phenolic OH excluding ortho intramolecular Hbond substituents is 1. The second kappa shape index (κ2) is 3.79. The van der Waals surface area contributed by atoms with Gasteiger partial charge in [-0.1, -0.05) is 6.92 Å². The number of carbonyl (C=O) groups excluding carboxylic acids is 1. The van der Waals surface area contributed by atoms with Crippen molar-refractivity contribution in [2.45, 2.75) is 19.4 Å². The van der Waals surface area contributed by atoms with Crippen molar-refractivity contribution in [3.8, 4) is 11.5 Å². The monoisotopic (exact) mass is 222 g/mol. The number of aliphatic hydroxyl groups is 1. The average Bonchev–Trinajstić information content (AvgIpc) is 2.24. The van der Waals surface area contributed by atoms with Crippen LogP contribution in [0.2, 0.25) is 0 Å². The van der Waals surface area contributed by atoms with Crippen molar-refractivity contribution in [3.63, 3.8) is 0 Å². The molecule has 0 saturated carbocycles. The van der Waals surface area contributed by atoms with E-state index in [0.29, 0.717) is 11.3 Å². The third-order valence-electron chi connectivity index (χ3n) is 3.00. The molecule has 0 heterocycles. The first kappa shape index (κ1) is 11.0. The summed E-state index contributed by atoms with van der Waals surface area (Å²) in [5, 5.41) is 19.7. The Kier molecular flexibility index (Phi) is 2.59. The van der Waals surface area contributed by atoms with Gasteiger partial charge in [0.15, 0.2) is 5.78 Å². The van der Waals surface area contributed by atoms with E-state index < -0.39 is 6.10 Å². The fourth-order valence-corrected chi connectivity index (χ4v) is 2.09. The molecule has 2 N–H and O–H groups in total. The third-order valence-corrected chi connectivity index (χ3v) is 3.00. The molecule has 1 aliphatic rings. The molecule has 0 unspecified atom stereocenters. The second-order valence-electron chi connectivity index (χ2n) is 4.16. The SMILES string of the molecule is COc1cc(O)c2c(c1)[C@H](O)[C@H](C)CC2=O. The van der Waals surface area contributed by atoms with Crippen LogP contribution in [0.3, 0.4) is 0 Å². The van der Waals surface area contributed by atoms with Crippen molar-refractivity contribution in [2.75, 3.05) is 7.11 Å². The average molecular weight is 222 g/mol. The van der Waals surface area contributed by atoms with Crippen molar-refractivity contribution < 1.29 is 19.7 Å². The quantitative estimate of drug-likeness (QED) is 0.758. The van der Waals surface area contributed by atoms with Crippen molar-refractivity contribution in [2.24, 2.45) is 5.92 Å². The Balaban J connectivity index is 2.62. The molecule has 86 valence electrons. The van der Waals surface area contributed by atoms with Gasteiger partial charge in [-0.05, 0) is 17.5 Å². The molecule has 0 spiro atoms. The predicted octanol–water partition coefficient (Wildman–Crippen LogP) is 1.66. The molecule has 0 fully saturated rings. The largest absolute Gasteiger partial charge is 0.507 e. The van der Waals surface area contributed by atoms with Crippen LogP contribution in [-0.4, -0.2) is 23.1 Å². The highest BCUT2D eigenvalue weighted by molar-refractivity contribution is 6.01. The fourth-order valence-electron chi connectivity index (χ4n) is 2.09. The number of ether oxygens (including phenoxy) is 1. The molecular weight excluding hydrogens is 208 g/mol. The number of Topliss-reactive ketones (excluding diaryl/α,β-unsaturated/α-hetero) is 1. The molecule has 2 rings (SSSR count). The molecule has 0 aromatic heterocycles. The Hall–Kier alpha value is -1.55. The van der Waals surface area contributed by atoms with Crippen LogP contribution in [0.4, 0.5) is 0 Å². The number of ketones is 1. The van der Waals surface area contributed by atoms with Crippen LogP contribution in [0.25, 0.3) is 0 Å². The first-order valence-electron chi connectivity index (χ1n) is 5.16. The van der Waals surface area contributed by atoms with Crippen LogP contribution in [0.15, 0.2) is 12.1 Å². The summed E-state index contributed by atoms with van der Waals surface area (Å²) < 4.78 is 5.00. The second-order valence-corrected chi connectivity index (χ2v) is 4.16. The lowest BCUT2D eigenvalue weighted by Gasteiger charge is -2.27. The predicted molar refractivity (Wildman–Crippen MR) is 57.7 cm³/mol. The number of phenols is 1. The summed E-state index contributed by atoms with van der Waals surface area (Å²) in [7, 11) is 1.47. The van der Waals surface area contributed by atoms with Gasteiger partial charge in [0.05, 0.1) is 18.8 Å². The maximum atomic E-state index is 11.8. The van der Waals surface area contributed by atoms with Gasteiger partial charge in [0, 0.05) is 12.5 Å². The van der Waals surface area contributed by atoms with Gasteiger partial charge in [-0.3, -0.25) is 4.79 Å². The number of carbonyl (C=O) groups is 1. The fraction of sp³-hybridized carbons (Fsp3) is 0.417. The minimum absolute atomic E-state index is 0.120. The van der Waals surface area contributed by atoms with Gasteiger partial charge in [0.25, 0.3) is 0 Å². The normalized spacial score (nSPS) is 24.1. The van der Waals surface area contributed by atoms with Crippen molar-refractivity contribution in [1.82, 2.24) is 0 Å². The molecule has 1 aliphatic carbocycles. The van der Waals surface area contributed by atoms with Gasteiger partial charge in [-0.25, -0.2) is 0 Å².